The van der Waals surface area contributed by atoms with E-state index < -0.39 is 33.6 Å². The van der Waals surface area contributed by atoms with Crippen molar-refractivity contribution in [3.8, 4) is 5.75 Å². The molecule has 0 spiro atoms. The fraction of sp³-hybridized carbons (Fsp3) is 0.174. The van der Waals surface area contributed by atoms with Crippen LogP contribution in [0.25, 0.3) is 0 Å². The maximum absolute atomic E-state index is 11.2. The molecular weight excluding hydrogens is 521 g/mol. The standard InChI is InChI=1S/C15H14O6S.C8H8O3.3Na/c1-9-6-10(8-12(14(9)16)15(17)18)7-11-4-2-3-5-13(11)22(19,20)21;1-5-3-2-4-6(7(5)9)8(10)11;;;/h2-6,8,16H,7H2,1H3,(H,17,18)(H,19,20,21);3-4H,2H2,1H3,(H,10,11);;;/q;;3*+1/p-3. The van der Waals surface area contributed by atoms with Gasteiger partial charge in [0.15, 0.2) is 5.78 Å². The Kier molecular flexibility index (Phi) is 16.9. The van der Waals surface area contributed by atoms with Gasteiger partial charge in [-0.1, -0.05) is 36.4 Å². The molecule has 0 aliphatic heterocycles. The van der Waals surface area contributed by atoms with Gasteiger partial charge in [-0.3, -0.25) is 4.79 Å². The van der Waals surface area contributed by atoms with Crippen LogP contribution in [-0.2, 0) is 26.1 Å². The molecule has 0 heterocycles. The van der Waals surface area contributed by atoms with Crippen molar-refractivity contribution < 1.29 is 131 Å². The predicted octanol–water partition coefficient (Wildman–Crippen LogP) is -8.85. The molecule has 0 unspecified atom stereocenters. The smallest absolute Gasteiger partial charge is 0.744 e. The van der Waals surface area contributed by atoms with Gasteiger partial charge in [0, 0.05) is 11.1 Å². The summed E-state index contributed by atoms with van der Waals surface area (Å²) in [7, 11) is -4.63. The molecule has 1 aliphatic carbocycles. The van der Waals surface area contributed by atoms with Crippen LogP contribution < -0.4 is 98.9 Å². The number of aromatic carboxylic acids is 1. The van der Waals surface area contributed by atoms with E-state index in [2.05, 4.69) is 0 Å². The van der Waals surface area contributed by atoms with E-state index in [1.165, 1.54) is 43.3 Å². The van der Waals surface area contributed by atoms with Gasteiger partial charge >= 0.3 is 88.7 Å². The number of hydrogen-bond acceptors (Lipinski definition) is 9. The molecule has 13 heteroatoms. The Morgan fingerprint density at radius 3 is 2.06 bits per heavy atom. The molecule has 9 nitrogen and oxygen atoms in total. The average molecular weight is 540 g/mol. The first kappa shape index (κ1) is 37.4. The van der Waals surface area contributed by atoms with Gasteiger partial charge in [-0.15, -0.1) is 0 Å². The van der Waals surface area contributed by atoms with Crippen molar-refractivity contribution in [2.45, 2.75) is 31.6 Å². The van der Waals surface area contributed by atoms with Crippen molar-refractivity contribution >= 4 is 27.8 Å². The summed E-state index contributed by atoms with van der Waals surface area (Å²) in [6, 6.07) is 8.41. The van der Waals surface area contributed by atoms with E-state index in [9.17, 15) is 42.7 Å². The van der Waals surface area contributed by atoms with Gasteiger partial charge in [-0.25, -0.2) is 8.42 Å². The number of aromatic hydroxyl groups is 1. The second-order valence-corrected chi connectivity index (χ2v) is 8.54. The predicted molar refractivity (Wildman–Crippen MR) is 111 cm³/mol. The van der Waals surface area contributed by atoms with E-state index in [-0.39, 0.29) is 117 Å². The first-order chi connectivity index (χ1) is 15.3. The summed E-state index contributed by atoms with van der Waals surface area (Å²) in [6.45, 7) is 3.11. The van der Waals surface area contributed by atoms with Gasteiger partial charge < -0.3 is 29.5 Å². The van der Waals surface area contributed by atoms with Crippen LogP contribution in [0.15, 0.2) is 64.6 Å². The van der Waals surface area contributed by atoms with E-state index in [0.717, 1.165) is 0 Å². The number of allylic oxidation sites excluding steroid dienone is 3. The summed E-state index contributed by atoms with van der Waals surface area (Å²) >= 11 is 0. The van der Waals surface area contributed by atoms with Gasteiger partial charge in [-0.05, 0) is 61.1 Å². The topological polar surface area (TPSA) is 175 Å². The molecule has 0 saturated heterocycles. The zero-order valence-corrected chi connectivity index (χ0v) is 27.5. The second kappa shape index (κ2) is 16.3. The second-order valence-electron chi connectivity index (χ2n) is 7.19. The largest absolute Gasteiger partial charge is 1.00 e. The Labute approximate surface area is 275 Å². The number of aryl methyl sites for hydroxylation is 1. The SMILES string of the molecule is CC1=CCC=C(C(=O)[O-])C1=O.Cc1cc(Cc2ccccc2S(=O)(=O)[O-])cc(C(=O)[O-])c1O.[Na+].[Na+].[Na+]. The number of benzene rings is 2. The van der Waals surface area contributed by atoms with Crippen molar-refractivity contribution in [3.05, 3.63) is 82.0 Å². The minimum Gasteiger partial charge on any atom is -0.744 e. The molecule has 0 radical (unpaired) electrons. The van der Waals surface area contributed by atoms with Crippen LogP contribution in [0, 0.1) is 6.92 Å². The molecule has 0 aromatic heterocycles. The molecule has 36 heavy (non-hydrogen) atoms. The zero-order chi connectivity index (χ0) is 24.9. The van der Waals surface area contributed by atoms with Crippen LogP contribution in [0.1, 0.15) is 40.4 Å². The van der Waals surface area contributed by atoms with E-state index in [4.69, 9.17) is 0 Å². The van der Waals surface area contributed by atoms with Crippen molar-refractivity contribution in [1.82, 2.24) is 0 Å². The van der Waals surface area contributed by atoms with E-state index in [1.54, 1.807) is 19.1 Å². The summed E-state index contributed by atoms with van der Waals surface area (Å²) < 4.78 is 33.7. The number of carbonyl (C=O) groups excluding carboxylic acids is 3. The van der Waals surface area contributed by atoms with Crippen LogP contribution in [0.3, 0.4) is 0 Å². The van der Waals surface area contributed by atoms with Gasteiger partial charge in [0.2, 0.25) is 0 Å². The minimum absolute atomic E-state index is 0. The Morgan fingerprint density at radius 1 is 0.972 bits per heavy atom. The van der Waals surface area contributed by atoms with E-state index >= 15 is 0 Å². The Balaban J connectivity index is 0. The molecule has 0 bridgehead atoms. The Morgan fingerprint density at radius 2 is 1.56 bits per heavy atom. The molecule has 0 saturated carbocycles. The average Bonchev–Trinajstić information content (AvgIpc) is 2.72. The maximum atomic E-state index is 11.2. The fourth-order valence-corrected chi connectivity index (χ4v) is 3.86. The number of carbonyl (C=O) groups is 3. The quantitative estimate of drug-likeness (QED) is 0.219. The van der Waals surface area contributed by atoms with Gasteiger partial charge in [0.25, 0.3) is 0 Å². The third kappa shape index (κ3) is 10.2. The molecule has 0 amide bonds. The number of ketones is 1. The van der Waals surface area contributed by atoms with Gasteiger partial charge in [-0.2, -0.15) is 0 Å². The first-order valence-corrected chi connectivity index (χ1v) is 10.9. The number of Topliss-reactive ketones (excluding diaryl/α,β-unsaturated/α-hetero) is 1. The molecule has 1 aliphatic rings. The van der Waals surface area contributed by atoms with Gasteiger partial charge in [0.1, 0.15) is 15.9 Å². The summed E-state index contributed by atoms with van der Waals surface area (Å²) in [5.74, 6) is -3.75. The zero-order valence-electron chi connectivity index (χ0n) is 20.7. The number of phenols is 1. The number of hydrogen-bond donors (Lipinski definition) is 1. The molecule has 2 aromatic carbocycles. The first-order valence-electron chi connectivity index (χ1n) is 9.53. The van der Waals surface area contributed by atoms with Crippen LogP contribution >= 0.6 is 0 Å². The maximum Gasteiger partial charge on any atom is 1.00 e. The molecule has 0 fully saturated rings. The van der Waals surface area contributed by atoms with E-state index in [0.29, 0.717) is 23.1 Å². The summed E-state index contributed by atoms with van der Waals surface area (Å²) in [4.78, 5) is 31.9. The van der Waals surface area contributed by atoms with Crippen molar-refractivity contribution in [2.24, 2.45) is 0 Å². The molecule has 0 atom stereocenters. The molecule has 174 valence electrons. The molecule has 1 N–H and O–H groups in total. The molecule has 3 rings (SSSR count). The number of aliphatic carboxylic acids is 1. The minimum atomic E-state index is -4.63. The van der Waals surface area contributed by atoms with Crippen LogP contribution in [-0.4, -0.2) is 35.8 Å². The normalized spacial score (nSPS) is 12.2. The van der Waals surface area contributed by atoms with Crippen LogP contribution in [0.2, 0.25) is 0 Å². The number of carboxylic acid groups (broad SMARTS) is 2. The van der Waals surface area contributed by atoms with E-state index in [1.807, 2.05) is 0 Å². The third-order valence-corrected chi connectivity index (χ3v) is 5.72. The number of rotatable bonds is 5. The fourth-order valence-electron chi connectivity index (χ4n) is 3.15. The van der Waals surface area contributed by atoms with Crippen LogP contribution in [0.5, 0.6) is 5.75 Å². The van der Waals surface area contributed by atoms with Crippen molar-refractivity contribution in [3.63, 3.8) is 0 Å². The summed E-state index contributed by atoms with van der Waals surface area (Å²) in [6.07, 6.45) is 3.60. The molecule has 2 aromatic rings. The van der Waals surface area contributed by atoms with Crippen molar-refractivity contribution in [2.75, 3.05) is 0 Å². The summed E-state index contributed by atoms with van der Waals surface area (Å²) in [5.41, 5.74) is 0.908. The number of carboxylic acids is 2. The Hall–Kier alpha value is -0.760. The van der Waals surface area contributed by atoms with Crippen LogP contribution in [0.4, 0.5) is 0 Å². The third-order valence-electron chi connectivity index (χ3n) is 4.79. The van der Waals surface area contributed by atoms with Crippen molar-refractivity contribution in [1.29, 1.82) is 0 Å². The van der Waals surface area contributed by atoms with Gasteiger partial charge in [0.05, 0.1) is 16.8 Å². The monoisotopic (exact) mass is 540 g/mol. The Bertz CT molecular complexity index is 1300. The molecular formula is C23H19Na3O9S. The summed E-state index contributed by atoms with van der Waals surface area (Å²) in [5, 5.41) is 30.9.